The predicted molar refractivity (Wildman–Crippen MR) is 120 cm³/mol. The van der Waals surface area contributed by atoms with E-state index >= 15 is 0 Å². The second kappa shape index (κ2) is 8.83. The molecule has 0 bridgehead atoms. The van der Waals surface area contributed by atoms with Crippen LogP contribution in [-0.2, 0) is 11.2 Å². The van der Waals surface area contributed by atoms with Crippen LogP contribution in [0.5, 0.6) is 0 Å². The molecular formula is C25H31N3O. The first-order valence-corrected chi connectivity index (χ1v) is 10.8. The topological polar surface area (TPSA) is 39.3 Å². The molecule has 3 aromatic rings. The first-order valence-electron chi connectivity index (χ1n) is 10.8. The molecule has 1 amide bonds. The number of aromatic nitrogens is 1. The van der Waals surface area contributed by atoms with Crippen LogP contribution in [0.1, 0.15) is 37.4 Å². The van der Waals surface area contributed by atoms with Gasteiger partial charge in [-0.15, -0.1) is 0 Å². The molecule has 1 N–H and O–H groups in total. The lowest BCUT2D eigenvalue weighted by Gasteiger charge is -2.38. The van der Waals surface area contributed by atoms with E-state index in [9.17, 15) is 4.79 Å². The van der Waals surface area contributed by atoms with Gasteiger partial charge >= 0.3 is 0 Å². The van der Waals surface area contributed by atoms with Crippen molar-refractivity contribution in [1.29, 1.82) is 0 Å². The molecule has 0 atom stereocenters. The van der Waals surface area contributed by atoms with E-state index in [0.29, 0.717) is 6.42 Å². The number of nitrogens with one attached hydrogen (secondary N) is 1. The van der Waals surface area contributed by atoms with E-state index in [0.717, 1.165) is 55.8 Å². The molecule has 0 saturated carbocycles. The van der Waals surface area contributed by atoms with Crippen molar-refractivity contribution in [2.45, 2.75) is 45.6 Å². The zero-order valence-corrected chi connectivity index (χ0v) is 17.5. The molecule has 1 fully saturated rings. The summed E-state index contributed by atoms with van der Waals surface area (Å²) >= 11 is 0. The highest BCUT2D eigenvalue weighted by Crippen LogP contribution is 2.28. The molecule has 4 rings (SSSR count). The minimum atomic E-state index is 0.222. The SMILES string of the molecule is CCC(=O)N(c1ccc2[nH]c(C)cc2c1)C1CCN(CCc2ccccc2)CC1. The standard InChI is InChI=1S/C25H31N3O/c1-3-25(29)28(23-9-10-24-21(18-23)17-19(2)26-24)22-12-15-27(16-13-22)14-11-20-7-5-4-6-8-20/h4-10,17-18,22,26H,3,11-16H2,1-2H3. The Kier molecular flexibility index (Phi) is 6.00. The van der Waals surface area contributed by atoms with Crippen molar-refractivity contribution in [2.75, 3.05) is 24.5 Å². The molecule has 29 heavy (non-hydrogen) atoms. The number of fused-ring (bicyclic) bond motifs is 1. The average molecular weight is 390 g/mol. The molecule has 0 unspecified atom stereocenters. The molecule has 1 aliphatic rings. The third kappa shape index (κ3) is 4.54. The molecule has 4 heteroatoms. The Balaban J connectivity index is 1.43. The van der Waals surface area contributed by atoms with Gasteiger partial charge in [-0.2, -0.15) is 0 Å². The van der Waals surface area contributed by atoms with Gasteiger partial charge in [0.15, 0.2) is 0 Å². The van der Waals surface area contributed by atoms with E-state index in [2.05, 4.69) is 76.3 Å². The lowest BCUT2D eigenvalue weighted by atomic mass is 10.0. The highest BCUT2D eigenvalue weighted by atomic mass is 16.2. The van der Waals surface area contributed by atoms with E-state index in [1.54, 1.807) is 0 Å². The second-order valence-corrected chi connectivity index (χ2v) is 8.15. The van der Waals surface area contributed by atoms with Crippen LogP contribution in [0.3, 0.4) is 0 Å². The summed E-state index contributed by atoms with van der Waals surface area (Å²) in [6.45, 7) is 7.23. The normalized spacial score (nSPS) is 15.7. The second-order valence-electron chi connectivity index (χ2n) is 8.15. The number of piperidine rings is 1. The van der Waals surface area contributed by atoms with Crippen LogP contribution in [-0.4, -0.2) is 41.5 Å². The maximum atomic E-state index is 12.8. The Bertz CT molecular complexity index is 955. The van der Waals surface area contributed by atoms with Crippen molar-refractivity contribution >= 4 is 22.5 Å². The van der Waals surface area contributed by atoms with E-state index < -0.39 is 0 Å². The predicted octanol–water partition coefficient (Wildman–Crippen LogP) is 4.93. The summed E-state index contributed by atoms with van der Waals surface area (Å²) in [6.07, 6.45) is 3.69. The van der Waals surface area contributed by atoms with E-state index in [1.807, 2.05) is 6.92 Å². The van der Waals surface area contributed by atoms with Crippen molar-refractivity contribution in [3.63, 3.8) is 0 Å². The van der Waals surface area contributed by atoms with Gasteiger partial charge in [0.2, 0.25) is 5.91 Å². The number of aromatic amines is 1. The maximum absolute atomic E-state index is 12.8. The van der Waals surface area contributed by atoms with Crippen LogP contribution in [0.25, 0.3) is 10.9 Å². The van der Waals surface area contributed by atoms with Gasteiger partial charge in [0, 0.05) is 54.4 Å². The molecule has 4 nitrogen and oxygen atoms in total. The minimum absolute atomic E-state index is 0.222. The van der Waals surface area contributed by atoms with Gasteiger partial charge in [0.05, 0.1) is 0 Å². The minimum Gasteiger partial charge on any atom is -0.359 e. The van der Waals surface area contributed by atoms with Crippen LogP contribution in [0.2, 0.25) is 0 Å². The molecule has 152 valence electrons. The van der Waals surface area contributed by atoms with E-state index in [1.165, 1.54) is 10.9 Å². The van der Waals surface area contributed by atoms with Crippen molar-refractivity contribution < 1.29 is 4.79 Å². The summed E-state index contributed by atoms with van der Waals surface area (Å²) in [6, 6.07) is 19.5. The van der Waals surface area contributed by atoms with Crippen molar-refractivity contribution in [3.8, 4) is 0 Å². The Hall–Kier alpha value is -2.59. The molecule has 1 aromatic heterocycles. The van der Waals surface area contributed by atoms with Crippen LogP contribution in [0, 0.1) is 6.92 Å². The summed E-state index contributed by atoms with van der Waals surface area (Å²) in [5, 5.41) is 1.18. The van der Waals surface area contributed by atoms with Crippen LogP contribution >= 0.6 is 0 Å². The summed E-state index contributed by atoms with van der Waals surface area (Å²) in [5.41, 5.74) is 4.71. The summed E-state index contributed by atoms with van der Waals surface area (Å²) in [4.78, 5) is 20.8. The van der Waals surface area contributed by atoms with Gasteiger partial charge in [-0.1, -0.05) is 37.3 Å². The van der Waals surface area contributed by atoms with Crippen molar-refractivity contribution in [1.82, 2.24) is 9.88 Å². The van der Waals surface area contributed by atoms with Crippen LogP contribution < -0.4 is 4.90 Å². The third-order valence-corrected chi connectivity index (χ3v) is 6.07. The number of anilines is 1. The Morgan fingerprint density at radius 3 is 2.59 bits per heavy atom. The quantitative estimate of drug-likeness (QED) is 0.649. The summed E-state index contributed by atoms with van der Waals surface area (Å²) in [5.74, 6) is 0.222. The Morgan fingerprint density at radius 1 is 1.10 bits per heavy atom. The number of likely N-dealkylation sites (tertiary alicyclic amines) is 1. The first-order chi connectivity index (χ1) is 14.1. The maximum Gasteiger partial charge on any atom is 0.226 e. The van der Waals surface area contributed by atoms with Gasteiger partial charge < -0.3 is 14.8 Å². The number of carbonyl (C=O) groups is 1. The van der Waals surface area contributed by atoms with Crippen molar-refractivity contribution in [2.24, 2.45) is 0 Å². The number of H-pyrrole nitrogens is 1. The molecule has 2 heterocycles. The lowest BCUT2D eigenvalue weighted by Crippen LogP contribution is -2.47. The van der Waals surface area contributed by atoms with E-state index in [4.69, 9.17) is 0 Å². The number of carbonyl (C=O) groups excluding carboxylic acids is 1. The fraction of sp³-hybridized carbons (Fsp3) is 0.400. The van der Waals surface area contributed by atoms with E-state index in [-0.39, 0.29) is 11.9 Å². The summed E-state index contributed by atoms with van der Waals surface area (Å²) in [7, 11) is 0. The number of nitrogens with zero attached hydrogens (tertiary/aromatic N) is 2. The third-order valence-electron chi connectivity index (χ3n) is 6.07. The van der Waals surface area contributed by atoms with Crippen LogP contribution in [0.4, 0.5) is 5.69 Å². The van der Waals surface area contributed by atoms with Gasteiger partial charge in [-0.25, -0.2) is 0 Å². The molecule has 2 aromatic carbocycles. The number of amides is 1. The molecule has 0 aliphatic carbocycles. The fourth-order valence-corrected chi connectivity index (χ4v) is 4.48. The van der Waals surface area contributed by atoms with Crippen molar-refractivity contribution in [3.05, 3.63) is 65.9 Å². The molecule has 1 aliphatic heterocycles. The number of aryl methyl sites for hydroxylation is 1. The lowest BCUT2D eigenvalue weighted by molar-refractivity contribution is -0.119. The Morgan fingerprint density at radius 2 is 1.86 bits per heavy atom. The summed E-state index contributed by atoms with van der Waals surface area (Å²) < 4.78 is 0. The zero-order valence-electron chi connectivity index (χ0n) is 17.5. The smallest absolute Gasteiger partial charge is 0.226 e. The number of hydrogen-bond acceptors (Lipinski definition) is 2. The Labute approximate surface area is 173 Å². The van der Waals surface area contributed by atoms with Gasteiger partial charge in [0.25, 0.3) is 0 Å². The molecule has 1 saturated heterocycles. The van der Waals surface area contributed by atoms with Gasteiger partial charge in [0.1, 0.15) is 0 Å². The number of benzene rings is 2. The highest BCUT2D eigenvalue weighted by Gasteiger charge is 2.28. The largest absolute Gasteiger partial charge is 0.359 e. The zero-order chi connectivity index (χ0) is 20.2. The van der Waals surface area contributed by atoms with Crippen LogP contribution in [0.15, 0.2) is 54.6 Å². The fourth-order valence-electron chi connectivity index (χ4n) is 4.48. The monoisotopic (exact) mass is 389 g/mol. The number of hydrogen-bond donors (Lipinski definition) is 1. The molecule has 0 spiro atoms. The average Bonchev–Trinajstić information content (AvgIpc) is 3.13. The molecular weight excluding hydrogens is 358 g/mol. The first kappa shape index (κ1) is 19.7. The molecule has 0 radical (unpaired) electrons. The highest BCUT2D eigenvalue weighted by molar-refractivity contribution is 5.96. The van der Waals surface area contributed by atoms with Gasteiger partial charge in [-0.05, 0) is 56.0 Å². The number of rotatable bonds is 6. The van der Waals surface area contributed by atoms with Gasteiger partial charge in [-0.3, -0.25) is 4.79 Å².